The Labute approximate surface area is 97.3 Å². The molecular weight excluding hydrogens is 287 g/mol. The molecule has 1 aliphatic carbocycles. The molecule has 0 aliphatic heterocycles. The van der Waals surface area contributed by atoms with Gasteiger partial charge in [-0.2, -0.15) is 4.99 Å². The highest BCUT2D eigenvalue weighted by molar-refractivity contribution is 9.10. The van der Waals surface area contributed by atoms with Crippen LogP contribution in [0.15, 0.2) is 15.5 Å². The molecule has 1 aromatic rings. The summed E-state index contributed by atoms with van der Waals surface area (Å²) >= 11 is 2.78. The first-order valence-corrected chi connectivity index (χ1v) is 5.23. The van der Waals surface area contributed by atoms with Gasteiger partial charge in [-0.1, -0.05) is 0 Å². The molecule has 1 aromatic carbocycles. The predicted octanol–water partition coefficient (Wildman–Crippen LogP) is 3.19. The van der Waals surface area contributed by atoms with Gasteiger partial charge in [0, 0.05) is 0 Å². The van der Waals surface area contributed by atoms with E-state index in [0.29, 0.717) is 18.9 Å². The van der Waals surface area contributed by atoms with Crippen LogP contribution in [-0.4, -0.2) is 6.08 Å². The summed E-state index contributed by atoms with van der Waals surface area (Å²) in [5.41, 5.74) is -1.76. The number of carbonyl (C=O) groups excluding carboxylic acids is 1. The van der Waals surface area contributed by atoms with Crippen molar-refractivity contribution < 1.29 is 18.0 Å². The van der Waals surface area contributed by atoms with E-state index in [4.69, 9.17) is 0 Å². The molecule has 1 fully saturated rings. The number of isocyanates is 1. The molecule has 0 radical (unpaired) electrons. The summed E-state index contributed by atoms with van der Waals surface area (Å²) in [5, 5.41) is 0. The van der Waals surface area contributed by atoms with E-state index in [1.54, 1.807) is 0 Å². The van der Waals surface area contributed by atoms with Crippen molar-refractivity contribution in [3.05, 3.63) is 33.6 Å². The smallest absolute Gasteiger partial charge is 0.211 e. The summed E-state index contributed by atoms with van der Waals surface area (Å²) < 4.78 is 40.1. The molecule has 0 saturated heterocycles. The van der Waals surface area contributed by atoms with Gasteiger partial charge in [0.1, 0.15) is 11.4 Å². The standard InChI is InChI=1S/C10H5BrF3NO/c11-5-3-6(12)9(14)7(8(5)13)10(1-2-10)15-4-16/h3H,1-2H2. The monoisotopic (exact) mass is 291 g/mol. The maximum Gasteiger partial charge on any atom is 0.235 e. The van der Waals surface area contributed by atoms with Crippen molar-refractivity contribution in [1.82, 2.24) is 0 Å². The molecule has 0 aromatic heterocycles. The lowest BCUT2D eigenvalue weighted by Gasteiger charge is -2.12. The maximum atomic E-state index is 13.7. The van der Waals surface area contributed by atoms with Crippen molar-refractivity contribution in [3.63, 3.8) is 0 Å². The van der Waals surface area contributed by atoms with Crippen molar-refractivity contribution in [2.45, 2.75) is 18.4 Å². The van der Waals surface area contributed by atoms with Crippen molar-refractivity contribution >= 4 is 22.0 Å². The van der Waals surface area contributed by atoms with Gasteiger partial charge in [-0.15, -0.1) is 0 Å². The third-order valence-corrected chi connectivity index (χ3v) is 3.14. The third kappa shape index (κ3) is 1.58. The second kappa shape index (κ2) is 3.71. The van der Waals surface area contributed by atoms with Crippen molar-refractivity contribution in [1.29, 1.82) is 0 Å². The second-order valence-corrected chi connectivity index (χ2v) is 4.43. The highest BCUT2D eigenvalue weighted by Gasteiger charge is 2.49. The highest BCUT2D eigenvalue weighted by atomic mass is 79.9. The average molecular weight is 292 g/mol. The van der Waals surface area contributed by atoms with Crippen LogP contribution in [0.1, 0.15) is 18.4 Å². The number of benzene rings is 1. The van der Waals surface area contributed by atoms with E-state index in [9.17, 15) is 18.0 Å². The van der Waals surface area contributed by atoms with E-state index in [1.807, 2.05) is 0 Å². The van der Waals surface area contributed by atoms with Gasteiger partial charge in [0.15, 0.2) is 11.6 Å². The van der Waals surface area contributed by atoms with Crippen LogP contribution in [0.3, 0.4) is 0 Å². The van der Waals surface area contributed by atoms with Crippen LogP contribution in [0.5, 0.6) is 0 Å². The molecular formula is C10H5BrF3NO. The quantitative estimate of drug-likeness (QED) is 0.467. The van der Waals surface area contributed by atoms with Gasteiger partial charge in [0.25, 0.3) is 0 Å². The number of hydrogen-bond donors (Lipinski definition) is 0. The fraction of sp³-hybridized carbons (Fsp3) is 0.300. The Balaban J connectivity index is 2.69. The van der Waals surface area contributed by atoms with Crippen molar-refractivity contribution in [2.24, 2.45) is 4.99 Å². The van der Waals surface area contributed by atoms with E-state index in [1.165, 1.54) is 6.08 Å². The van der Waals surface area contributed by atoms with Crippen molar-refractivity contribution in [3.8, 4) is 0 Å². The van der Waals surface area contributed by atoms with Gasteiger partial charge in [-0.3, -0.25) is 0 Å². The Morgan fingerprint density at radius 3 is 2.44 bits per heavy atom. The van der Waals surface area contributed by atoms with E-state index in [-0.39, 0.29) is 4.47 Å². The van der Waals surface area contributed by atoms with Crippen LogP contribution in [0, 0.1) is 17.5 Å². The van der Waals surface area contributed by atoms with Crippen LogP contribution >= 0.6 is 15.9 Å². The minimum absolute atomic E-state index is 0.186. The zero-order valence-corrected chi connectivity index (χ0v) is 9.44. The lowest BCUT2D eigenvalue weighted by Crippen LogP contribution is -2.11. The number of halogens is 4. The van der Waals surface area contributed by atoms with Gasteiger partial charge < -0.3 is 0 Å². The van der Waals surface area contributed by atoms with Crippen LogP contribution in [-0.2, 0) is 10.3 Å². The lowest BCUT2D eigenvalue weighted by molar-refractivity contribution is 0.457. The third-order valence-electron chi connectivity index (χ3n) is 2.56. The van der Waals surface area contributed by atoms with Gasteiger partial charge >= 0.3 is 0 Å². The lowest BCUT2D eigenvalue weighted by atomic mass is 10.0. The molecule has 0 N–H and O–H groups in total. The molecule has 0 unspecified atom stereocenters. The van der Waals surface area contributed by atoms with Crippen LogP contribution in [0.4, 0.5) is 13.2 Å². The summed E-state index contributed by atoms with van der Waals surface area (Å²) in [4.78, 5) is 13.6. The molecule has 0 spiro atoms. The molecule has 6 heteroatoms. The first-order valence-electron chi connectivity index (χ1n) is 4.44. The Kier molecular flexibility index (Phi) is 2.64. The van der Waals surface area contributed by atoms with E-state index < -0.39 is 28.6 Å². The second-order valence-electron chi connectivity index (χ2n) is 3.58. The summed E-state index contributed by atoms with van der Waals surface area (Å²) in [7, 11) is 0. The minimum Gasteiger partial charge on any atom is -0.211 e. The van der Waals surface area contributed by atoms with Gasteiger partial charge in [0.2, 0.25) is 6.08 Å². The Morgan fingerprint density at radius 2 is 1.94 bits per heavy atom. The van der Waals surface area contributed by atoms with E-state index in [0.717, 1.165) is 0 Å². The number of aliphatic imine (C=N–C) groups is 1. The highest BCUT2D eigenvalue weighted by Crippen LogP contribution is 2.52. The molecule has 84 valence electrons. The van der Waals surface area contributed by atoms with Crippen LogP contribution in [0.25, 0.3) is 0 Å². The molecule has 2 rings (SSSR count). The molecule has 16 heavy (non-hydrogen) atoms. The summed E-state index contributed by atoms with van der Waals surface area (Å²) in [5.74, 6) is -3.39. The minimum atomic E-state index is -1.29. The summed E-state index contributed by atoms with van der Waals surface area (Å²) in [6.45, 7) is 0. The molecule has 0 atom stereocenters. The maximum absolute atomic E-state index is 13.7. The van der Waals surface area contributed by atoms with Gasteiger partial charge in [0.05, 0.1) is 10.0 Å². The Bertz CT molecular complexity index is 481. The average Bonchev–Trinajstić information content (AvgIpc) is 2.97. The number of rotatable bonds is 2. The van der Waals surface area contributed by atoms with Gasteiger partial charge in [-0.25, -0.2) is 18.0 Å². The van der Waals surface area contributed by atoms with E-state index >= 15 is 0 Å². The predicted molar refractivity (Wildman–Crippen MR) is 53.0 cm³/mol. The summed E-state index contributed by atoms with van der Waals surface area (Å²) in [6.07, 6.45) is 1.89. The Morgan fingerprint density at radius 1 is 1.31 bits per heavy atom. The van der Waals surface area contributed by atoms with Crippen LogP contribution in [0.2, 0.25) is 0 Å². The van der Waals surface area contributed by atoms with Crippen LogP contribution < -0.4 is 0 Å². The number of hydrogen-bond acceptors (Lipinski definition) is 2. The van der Waals surface area contributed by atoms with E-state index in [2.05, 4.69) is 20.9 Å². The molecule has 0 amide bonds. The first kappa shape index (κ1) is 11.4. The zero-order valence-electron chi connectivity index (χ0n) is 7.86. The molecule has 1 saturated carbocycles. The van der Waals surface area contributed by atoms with Crippen molar-refractivity contribution in [2.75, 3.05) is 0 Å². The normalized spacial score (nSPS) is 16.8. The molecule has 2 nitrogen and oxygen atoms in total. The number of nitrogens with zero attached hydrogens (tertiary/aromatic N) is 1. The SMILES string of the molecule is O=C=NC1(c2c(F)c(F)cc(Br)c2F)CC1. The topological polar surface area (TPSA) is 29.4 Å². The fourth-order valence-corrected chi connectivity index (χ4v) is 2.00. The molecule has 0 heterocycles. The fourth-order valence-electron chi connectivity index (χ4n) is 1.61. The first-order chi connectivity index (χ1) is 7.52. The molecule has 1 aliphatic rings. The molecule has 0 bridgehead atoms. The Hall–Kier alpha value is -1.13. The zero-order chi connectivity index (χ0) is 11.9. The summed E-state index contributed by atoms with van der Waals surface area (Å²) in [6, 6.07) is 0.703. The van der Waals surface area contributed by atoms with Gasteiger partial charge in [-0.05, 0) is 34.8 Å². The largest absolute Gasteiger partial charge is 0.235 e.